The van der Waals surface area contributed by atoms with Crippen LogP contribution in [0.25, 0.3) is 0 Å². The molecule has 0 amide bonds. The lowest BCUT2D eigenvalue weighted by molar-refractivity contribution is -0.0278. The van der Waals surface area contributed by atoms with E-state index in [4.69, 9.17) is 68.8 Å². The number of unbranched alkanes of at least 4 members (excludes halogenated alkanes) is 3. The summed E-state index contributed by atoms with van der Waals surface area (Å²) in [6, 6.07) is 0. The molecule has 41 heavy (non-hydrogen) atoms. The van der Waals surface area contributed by atoms with Crippen LogP contribution in [0.15, 0.2) is 0 Å². The predicted molar refractivity (Wildman–Crippen MR) is 155 cm³/mol. The van der Waals surface area contributed by atoms with Crippen molar-refractivity contribution in [3.8, 4) is 0 Å². The van der Waals surface area contributed by atoms with E-state index in [2.05, 4.69) is 0 Å². The molecule has 0 aromatic carbocycles. The van der Waals surface area contributed by atoms with E-state index >= 15 is 0 Å². The lowest BCUT2D eigenvalue weighted by Gasteiger charge is -2.09. The van der Waals surface area contributed by atoms with Crippen molar-refractivity contribution in [2.24, 2.45) is 0 Å². The van der Waals surface area contributed by atoms with Crippen LogP contribution in [-0.2, 0) is 52.1 Å². The van der Waals surface area contributed by atoms with Crippen LogP contribution in [0.4, 0.5) is 0 Å². The summed E-state index contributed by atoms with van der Waals surface area (Å²) in [7, 11) is 0. The highest BCUT2D eigenvalue weighted by Crippen LogP contribution is 2.01. The molecule has 12 nitrogen and oxygen atoms in total. The Morgan fingerprint density at radius 3 is 0.732 bits per heavy atom. The number of ether oxygens (including phenoxy) is 11. The smallest absolute Gasteiger partial charge is 0.0701 e. The summed E-state index contributed by atoms with van der Waals surface area (Å²) in [5.41, 5.74) is 0. The van der Waals surface area contributed by atoms with Crippen LogP contribution in [0.1, 0.15) is 25.7 Å². The standard InChI is InChI=1S/C28H57ClO12/c29-5-3-1-2-4-7-31-9-11-33-13-15-35-17-19-37-21-23-39-25-27-41-28-26-40-24-22-38-20-18-36-16-14-34-12-10-32-8-6-30/h30H,1-28H2. The highest BCUT2D eigenvalue weighted by Gasteiger charge is 1.96. The van der Waals surface area contributed by atoms with Crippen molar-refractivity contribution >= 4 is 11.6 Å². The molecule has 0 spiro atoms. The molecule has 0 bridgehead atoms. The molecule has 0 aromatic rings. The fourth-order valence-electron chi connectivity index (χ4n) is 3.02. The fraction of sp³-hybridized carbons (Fsp3) is 1.00. The molecule has 0 radical (unpaired) electrons. The minimum atomic E-state index is 0.0271. The van der Waals surface area contributed by atoms with Crippen molar-refractivity contribution in [2.75, 3.05) is 158 Å². The molecule has 13 heteroatoms. The Balaban J connectivity index is 3.02. The average molecular weight is 621 g/mol. The number of hydrogen-bond donors (Lipinski definition) is 1. The Morgan fingerprint density at radius 2 is 0.488 bits per heavy atom. The maximum atomic E-state index is 8.57. The van der Waals surface area contributed by atoms with Gasteiger partial charge in [0.25, 0.3) is 0 Å². The van der Waals surface area contributed by atoms with Crippen LogP contribution in [0.2, 0.25) is 0 Å². The van der Waals surface area contributed by atoms with Gasteiger partial charge in [0.15, 0.2) is 0 Å². The van der Waals surface area contributed by atoms with E-state index in [1.54, 1.807) is 0 Å². The van der Waals surface area contributed by atoms with Crippen molar-refractivity contribution in [3.05, 3.63) is 0 Å². The monoisotopic (exact) mass is 620 g/mol. The van der Waals surface area contributed by atoms with Crippen LogP contribution in [0.3, 0.4) is 0 Å². The van der Waals surface area contributed by atoms with Gasteiger partial charge < -0.3 is 57.2 Å². The molecule has 0 saturated heterocycles. The molecular weight excluding hydrogens is 564 g/mol. The molecule has 0 unspecified atom stereocenters. The quantitative estimate of drug-likeness (QED) is 0.0802. The minimum Gasteiger partial charge on any atom is -0.394 e. The number of halogens is 1. The molecule has 0 aliphatic heterocycles. The van der Waals surface area contributed by atoms with E-state index in [1.165, 1.54) is 12.8 Å². The third kappa shape index (κ3) is 39.8. The van der Waals surface area contributed by atoms with Gasteiger partial charge in [0, 0.05) is 12.5 Å². The highest BCUT2D eigenvalue weighted by molar-refractivity contribution is 6.17. The molecule has 0 fully saturated rings. The molecule has 0 saturated carbocycles. The molecule has 0 atom stereocenters. The summed E-state index contributed by atoms with van der Waals surface area (Å²) in [6.45, 7) is 11.6. The third-order valence-electron chi connectivity index (χ3n) is 5.13. The van der Waals surface area contributed by atoms with Crippen molar-refractivity contribution in [1.29, 1.82) is 0 Å². The zero-order valence-electron chi connectivity index (χ0n) is 25.1. The third-order valence-corrected chi connectivity index (χ3v) is 5.40. The maximum Gasteiger partial charge on any atom is 0.0701 e. The van der Waals surface area contributed by atoms with Crippen molar-refractivity contribution in [1.82, 2.24) is 0 Å². The molecule has 1 N–H and O–H groups in total. The molecule has 0 aromatic heterocycles. The minimum absolute atomic E-state index is 0.0271. The van der Waals surface area contributed by atoms with Gasteiger partial charge in [-0.2, -0.15) is 0 Å². The van der Waals surface area contributed by atoms with Gasteiger partial charge in [0.2, 0.25) is 0 Å². The van der Waals surface area contributed by atoms with Crippen LogP contribution in [0, 0.1) is 0 Å². The van der Waals surface area contributed by atoms with E-state index in [1.807, 2.05) is 0 Å². The number of aliphatic hydroxyl groups excluding tert-OH is 1. The van der Waals surface area contributed by atoms with Crippen LogP contribution < -0.4 is 0 Å². The second-order valence-electron chi connectivity index (χ2n) is 8.56. The van der Waals surface area contributed by atoms with Gasteiger partial charge in [-0.3, -0.25) is 0 Å². The Kier molecular flexibility index (Phi) is 39.6. The first-order valence-electron chi connectivity index (χ1n) is 14.9. The first-order chi connectivity index (χ1) is 20.4. The van der Waals surface area contributed by atoms with E-state index in [0.717, 1.165) is 25.3 Å². The summed E-state index contributed by atoms with van der Waals surface area (Å²) in [4.78, 5) is 0. The Bertz CT molecular complexity index is 416. The lowest BCUT2D eigenvalue weighted by atomic mass is 10.2. The van der Waals surface area contributed by atoms with Gasteiger partial charge in [-0.15, -0.1) is 11.6 Å². The molecule has 0 aliphatic carbocycles. The van der Waals surface area contributed by atoms with Crippen LogP contribution in [0.5, 0.6) is 0 Å². The van der Waals surface area contributed by atoms with Gasteiger partial charge in [0.05, 0.1) is 145 Å². The van der Waals surface area contributed by atoms with Gasteiger partial charge in [-0.25, -0.2) is 0 Å². The first kappa shape index (κ1) is 40.8. The maximum absolute atomic E-state index is 8.57. The Labute approximate surface area is 252 Å². The summed E-state index contributed by atoms with van der Waals surface area (Å²) >= 11 is 5.65. The van der Waals surface area contributed by atoms with Crippen molar-refractivity contribution in [2.45, 2.75) is 25.7 Å². The zero-order chi connectivity index (χ0) is 29.6. The topological polar surface area (TPSA) is 122 Å². The summed E-state index contributed by atoms with van der Waals surface area (Å²) in [5.74, 6) is 0.743. The molecule has 0 aliphatic rings. The number of rotatable bonds is 38. The highest BCUT2D eigenvalue weighted by atomic mass is 35.5. The van der Waals surface area contributed by atoms with Gasteiger partial charge in [-0.05, 0) is 12.8 Å². The van der Waals surface area contributed by atoms with Gasteiger partial charge in [-0.1, -0.05) is 12.8 Å². The van der Waals surface area contributed by atoms with Crippen LogP contribution in [-0.4, -0.2) is 163 Å². The predicted octanol–water partition coefficient (Wildman–Crippen LogP) is 1.96. The number of aliphatic hydroxyl groups is 1. The largest absolute Gasteiger partial charge is 0.394 e. The summed E-state index contributed by atoms with van der Waals surface area (Å²) in [5, 5.41) is 8.57. The SMILES string of the molecule is OCCOCCOCCOCCOCCOCCOCCOCCOCCOCCOCCOCCCCCCCl. The fourth-order valence-corrected chi connectivity index (χ4v) is 3.21. The molecule has 0 rings (SSSR count). The summed E-state index contributed by atoms with van der Waals surface area (Å²) < 4.78 is 59.5. The second-order valence-corrected chi connectivity index (χ2v) is 8.94. The summed E-state index contributed by atoms with van der Waals surface area (Å²) in [6.07, 6.45) is 4.50. The molecular formula is C28H57ClO12. The Hall–Kier alpha value is -0.190. The first-order valence-corrected chi connectivity index (χ1v) is 15.5. The van der Waals surface area contributed by atoms with E-state index < -0.39 is 0 Å². The van der Waals surface area contributed by atoms with E-state index in [9.17, 15) is 0 Å². The van der Waals surface area contributed by atoms with E-state index in [-0.39, 0.29) is 6.61 Å². The van der Waals surface area contributed by atoms with Gasteiger partial charge in [0.1, 0.15) is 0 Å². The second kappa shape index (κ2) is 39.8. The number of alkyl halides is 1. The number of hydrogen-bond acceptors (Lipinski definition) is 12. The van der Waals surface area contributed by atoms with Crippen LogP contribution >= 0.6 is 11.6 Å². The average Bonchev–Trinajstić information content (AvgIpc) is 2.98. The Morgan fingerprint density at radius 1 is 0.268 bits per heavy atom. The lowest BCUT2D eigenvalue weighted by Crippen LogP contribution is -2.15. The van der Waals surface area contributed by atoms with Crippen molar-refractivity contribution in [3.63, 3.8) is 0 Å². The molecule has 248 valence electrons. The van der Waals surface area contributed by atoms with E-state index in [0.29, 0.717) is 139 Å². The van der Waals surface area contributed by atoms with Crippen molar-refractivity contribution < 1.29 is 57.2 Å². The van der Waals surface area contributed by atoms with Gasteiger partial charge >= 0.3 is 0 Å². The molecule has 0 heterocycles. The zero-order valence-corrected chi connectivity index (χ0v) is 25.9. The normalized spacial score (nSPS) is 11.6.